The number of ether oxygens (including phenoxy) is 1. The highest BCUT2D eigenvalue weighted by Crippen LogP contribution is 2.27. The Balaban J connectivity index is 2.63. The van der Waals surface area contributed by atoms with Crippen molar-refractivity contribution in [1.29, 1.82) is 0 Å². The van der Waals surface area contributed by atoms with E-state index in [-0.39, 0.29) is 18.1 Å². The van der Waals surface area contributed by atoms with Crippen LogP contribution in [0.2, 0.25) is 5.02 Å². The maximum absolute atomic E-state index is 11.7. The van der Waals surface area contributed by atoms with Gasteiger partial charge in [0.15, 0.2) is 0 Å². The fourth-order valence-corrected chi connectivity index (χ4v) is 1.78. The molecule has 1 aromatic rings. The van der Waals surface area contributed by atoms with Gasteiger partial charge in [0, 0.05) is 19.8 Å². The number of carbonyl (C=O) groups is 1. The molecule has 0 atom stereocenters. The summed E-state index contributed by atoms with van der Waals surface area (Å²) in [6.07, 6.45) is 0. The van der Waals surface area contributed by atoms with Gasteiger partial charge in [-0.25, -0.2) is 0 Å². The van der Waals surface area contributed by atoms with Crippen LogP contribution in [0.1, 0.15) is 20.8 Å². The van der Waals surface area contributed by atoms with E-state index in [1.807, 2.05) is 51.9 Å². The zero-order valence-electron chi connectivity index (χ0n) is 12.1. The van der Waals surface area contributed by atoms with Gasteiger partial charge in [-0.1, -0.05) is 11.6 Å². The molecular formula is C14H21ClN2O2. The summed E-state index contributed by atoms with van der Waals surface area (Å²) >= 11 is 6.13. The maximum atomic E-state index is 11.7. The van der Waals surface area contributed by atoms with Crippen LogP contribution in [0.25, 0.3) is 0 Å². The highest BCUT2D eigenvalue weighted by atomic mass is 35.5. The minimum atomic E-state index is -0.330. The first kappa shape index (κ1) is 15.8. The fourth-order valence-electron chi connectivity index (χ4n) is 1.43. The summed E-state index contributed by atoms with van der Waals surface area (Å²) in [7, 11) is 3.83. The number of hydrogen-bond donors (Lipinski definition) is 1. The van der Waals surface area contributed by atoms with Crippen molar-refractivity contribution in [2.45, 2.75) is 26.4 Å². The van der Waals surface area contributed by atoms with E-state index >= 15 is 0 Å². The summed E-state index contributed by atoms with van der Waals surface area (Å²) in [5.41, 5.74) is 1.24. The predicted octanol–water partition coefficient (Wildman–Crippen LogP) is 3.16. The number of anilines is 2. The van der Waals surface area contributed by atoms with E-state index in [9.17, 15) is 4.79 Å². The monoisotopic (exact) mass is 284 g/mol. The van der Waals surface area contributed by atoms with E-state index in [2.05, 4.69) is 5.32 Å². The van der Waals surface area contributed by atoms with Crippen LogP contribution in [0.15, 0.2) is 18.2 Å². The SMILES string of the molecule is CN(C)c1ccc(NC(=O)COC(C)(C)C)cc1Cl. The molecule has 0 aliphatic carbocycles. The molecule has 4 nitrogen and oxygen atoms in total. The zero-order chi connectivity index (χ0) is 14.6. The third-order valence-corrected chi connectivity index (χ3v) is 2.65. The molecule has 1 N–H and O–H groups in total. The second kappa shape index (κ2) is 6.26. The Hall–Kier alpha value is -1.26. The number of halogens is 1. The van der Waals surface area contributed by atoms with Crippen LogP contribution >= 0.6 is 11.6 Å². The average Bonchev–Trinajstić information content (AvgIpc) is 2.25. The highest BCUT2D eigenvalue weighted by Gasteiger charge is 2.13. The van der Waals surface area contributed by atoms with Crippen molar-refractivity contribution in [3.8, 4) is 0 Å². The van der Waals surface area contributed by atoms with E-state index in [0.29, 0.717) is 10.7 Å². The number of nitrogens with zero attached hydrogens (tertiary/aromatic N) is 1. The first-order valence-electron chi connectivity index (χ1n) is 6.10. The summed E-state index contributed by atoms with van der Waals surface area (Å²) < 4.78 is 5.40. The van der Waals surface area contributed by atoms with Crippen LogP contribution in [-0.2, 0) is 9.53 Å². The first-order chi connectivity index (χ1) is 8.69. The molecule has 0 aromatic heterocycles. The van der Waals surface area contributed by atoms with Crippen molar-refractivity contribution in [1.82, 2.24) is 0 Å². The molecule has 0 saturated heterocycles. The minimum Gasteiger partial charge on any atom is -0.376 e. The van der Waals surface area contributed by atoms with Crippen molar-refractivity contribution in [3.63, 3.8) is 0 Å². The van der Waals surface area contributed by atoms with Gasteiger partial charge in [-0.3, -0.25) is 4.79 Å². The van der Waals surface area contributed by atoms with Gasteiger partial charge in [0.05, 0.1) is 16.3 Å². The first-order valence-corrected chi connectivity index (χ1v) is 6.47. The lowest BCUT2D eigenvalue weighted by molar-refractivity contribution is -0.125. The predicted molar refractivity (Wildman–Crippen MR) is 80.1 cm³/mol. The topological polar surface area (TPSA) is 41.6 Å². The van der Waals surface area contributed by atoms with Crippen LogP contribution in [0.4, 0.5) is 11.4 Å². The minimum absolute atomic E-state index is 0.0244. The molecule has 0 fully saturated rings. The molecule has 1 amide bonds. The van der Waals surface area contributed by atoms with Gasteiger partial charge >= 0.3 is 0 Å². The molecule has 0 saturated carbocycles. The second-order valence-electron chi connectivity index (χ2n) is 5.51. The Kier molecular flexibility index (Phi) is 5.20. The third-order valence-electron chi connectivity index (χ3n) is 2.35. The molecule has 0 heterocycles. The lowest BCUT2D eigenvalue weighted by Gasteiger charge is -2.19. The Labute approximate surface area is 119 Å². The van der Waals surface area contributed by atoms with Gasteiger partial charge in [0.1, 0.15) is 6.61 Å². The number of amides is 1. The average molecular weight is 285 g/mol. The van der Waals surface area contributed by atoms with Gasteiger partial charge in [0.2, 0.25) is 5.91 Å². The molecule has 1 aromatic carbocycles. The van der Waals surface area contributed by atoms with Crippen molar-refractivity contribution in [2.24, 2.45) is 0 Å². The lowest BCUT2D eigenvalue weighted by Crippen LogP contribution is -2.27. The summed E-state index contributed by atoms with van der Waals surface area (Å²) in [6.45, 7) is 5.74. The van der Waals surface area contributed by atoms with Crippen LogP contribution in [-0.4, -0.2) is 32.2 Å². The Morgan fingerprint density at radius 2 is 2.00 bits per heavy atom. The Morgan fingerprint density at radius 3 is 2.47 bits per heavy atom. The van der Waals surface area contributed by atoms with Gasteiger partial charge in [-0.2, -0.15) is 0 Å². The van der Waals surface area contributed by atoms with E-state index in [4.69, 9.17) is 16.3 Å². The van der Waals surface area contributed by atoms with Crippen LogP contribution in [0, 0.1) is 0 Å². The largest absolute Gasteiger partial charge is 0.376 e. The van der Waals surface area contributed by atoms with E-state index in [1.165, 1.54) is 0 Å². The normalized spacial score (nSPS) is 11.3. The van der Waals surface area contributed by atoms with Gasteiger partial charge in [-0.15, -0.1) is 0 Å². The smallest absolute Gasteiger partial charge is 0.250 e. The molecular weight excluding hydrogens is 264 g/mol. The molecule has 106 valence electrons. The number of nitrogens with one attached hydrogen (secondary N) is 1. The van der Waals surface area contributed by atoms with Crippen molar-refractivity contribution >= 4 is 28.9 Å². The van der Waals surface area contributed by atoms with Gasteiger partial charge in [-0.05, 0) is 39.0 Å². The quantitative estimate of drug-likeness (QED) is 0.923. The zero-order valence-corrected chi connectivity index (χ0v) is 12.8. The standard InChI is InChI=1S/C14H21ClN2O2/c1-14(2,3)19-9-13(18)16-10-6-7-12(17(4)5)11(15)8-10/h6-8H,9H2,1-5H3,(H,16,18). The van der Waals surface area contributed by atoms with Gasteiger partial charge in [0.25, 0.3) is 0 Å². The van der Waals surface area contributed by atoms with Crippen molar-refractivity contribution in [2.75, 3.05) is 30.9 Å². The second-order valence-corrected chi connectivity index (χ2v) is 5.92. The van der Waals surface area contributed by atoms with Crippen LogP contribution in [0.3, 0.4) is 0 Å². The van der Waals surface area contributed by atoms with Crippen LogP contribution in [0.5, 0.6) is 0 Å². The molecule has 0 aliphatic heterocycles. The molecule has 5 heteroatoms. The Bertz CT molecular complexity index is 453. The Morgan fingerprint density at radius 1 is 1.37 bits per heavy atom. The molecule has 0 bridgehead atoms. The van der Waals surface area contributed by atoms with Crippen molar-refractivity contribution in [3.05, 3.63) is 23.2 Å². The van der Waals surface area contributed by atoms with E-state index < -0.39 is 0 Å². The fraction of sp³-hybridized carbons (Fsp3) is 0.500. The highest BCUT2D eigenvalue weighted by molar-refractivity contribution is 6.33. The molecule has 0 aliphatic rings. The van der Waals surface area contributed by atoms with Gasteiger partial charge < -0.3 is 15.0 Å². The molecule has 0 radical (unpaired) electrons. The number of carbonyl (C=O) groups excluding carboxylic acids is 1. The van der Waals surface area contributed by atoms with E-state index in [0.717, 1.165) is 5.69 Å². The third kappa shape index (κ3) is 5.49. The number of benzene rings is 1. The summed E-state index contributed by atoms with van der Waals surface area (Å²) in [5, 5.41) is 3.35. The van der Waals surface area contributed by atoms with Crippen molar-refractivity contribution < 1.29 is 9.53 Å². The molecule has 0 unspecified atom stereocenters. The van der Waals surface area contributed by atoms with E-state index in [1.54, 1.807) is 6.07 Å². The van der Waals surface area contributed by atoms with Crippen LogP contribution < -0.4 is 10.2 Å². The summed E-state index contributed by atoms with van der Waals surface area (Å²) in [4.78, 5) is 13.6. The number of hydrogen-bond acceptors (Lipinski definition) is 3. The lowest BCUT2D eigenvalue weighted by atomic mass is 10.2. The molecule has 19 heavy (non-hydrogen) atoms. The molecule has 1 rings (SSSR count). The molecule has 0 spiro atoms. The number of rotatable bonds is 4. The summed E-state index contributed by atoms with van der Waals surface area (Å²) in [5.74, 6) is -0.191. The maximum Gasteiger partial charge on any atom is 0.250 e. The summed E-state index contributed by atoms with van der Waals surface area (Å²) in [6, 6.07) is 5.41.